The number of carbonyl (C=O) groups is 2. The number of alkyl carbamates (subject to hydrolysis) is 1. The zero-order valence-corrected chi connectivity index (χ0v) is 21.1. The van der Waals surface area contributed by atoms with E-state index in [-0.39, 0.29) is 5.91 Å². The summed E-state index contributed by atoms with van der Waals surface area (Å²) >= 11 is 6.34. The van der Waals surface area contributed by atoms with Crippen LogP contribution in [0.25, 0.3) is 0 Å². The molecule has 1 aromatic carbocycles. The molecular formula is C24H36ClN5O3. The highest BCUT2D eigenvalue weighted by atomic mass is 35.5. The second kappa shape index (κ2) is 8.96. The van der Waals surface area contributed by atoms with Gasteiger partial charge >= 0.3 is 6.09 Å². The lowest BCUT2D eigenvalue weighted by Gasteiger charge is -2.60. The number of hydrogen-bond acceptors (Lipinski definition) is 6. The zero-order valence-electron chi connectivity index (χ0n) is 20.4. The van der Waals surface area contributed by atoms with Crippen LogP contribution in [0.2, 0.25) is 5.02 Å². The van der Waals surface area contributed by atoms with E-state index in [0.29, 0.717) is 23.4 Å². The number of nitrogens with zero attached hydrogens (tertiary/aromatic N) is 4. The fraction of sp³-hybridized carbons (Fsp3) is 0.667. The van der Waals surface area contributed by atoms with Crippen molar-refractivity contribution in [2.45, 2.75) is 38.8 Å². The number of carbonyl (C=O) groups excluding carboxylic acids is 2. The van der Waals surface area contributed by atoms with Crippen molar-refractivity contribution < 1.29 is 14.3 Å². The average molecular weight is 478 g/mol. The van der Waals surface area contributed by atoms with Crippen LogP contribution < -0.4 is 15.1 Å². The number of amides is 2. The third kappa shape index (κ3) is 5.39. The number of likely N-dealkylation sites (tertiary alicyclic amines) is 2. The Morgan fingerprint density at radius 1 is 1.15 bits per heavy atom. The Labute approximate surface area is 201 Å². The number of halogens is 1. The first-order valence-corrected chi connectivity index (χ1v) is 12.1. The van der Waals surface area contributed by atoms with Crippen LogP contribution in [0.15, 0.2) is 18.2 Å². The highest BCUT2D eigenvalue weighted by molar-refractivity contribution is 6.31. The number of rotatable bonds is 4. The molecule has 2 amide bonds. The van der Waals surface area contributed by atoms with Gasteiger partial charge in [0.05, 0.1) is 11.4 Å². The molecule has 33 heavy (non-hydrogen) atoms. The summed E-state index contributed by atoms with van der Waals surface area (Å²) in [6, 6.07) is 4.95. The molecular weight excluding hydrogens is 442 g/mol. The molecule has 0 aromatic heterocycles. The van der Waals surface area contributed by atoms with Crippen LogP contribution in [0, 0.1) is 5.41 Å². The van der Waals surface area contributed by atoms with Crippen LogP contribution in [0.4, 0.5) is 16.2 Å². The Kier molecular flexibility index (Phi) is 6.55. The van der Waals surface area contributed by atoms with Crippen molar-refractivity contribution in [3.05, 3.63) is 23.2 Å². The van der Waals surface area contributed by atoms with Crippen molar-refractivity contribution in [1.82, 2.24) is 15.1 Å². The zero-order chi connectivity index (χ0) is 24.0. The van der Waals surface area contributed by atoms with Crippen LogP contribution in [0.1, 0.15) is 27.2 Å². The largest absolute Gasteiger partial charge is 0.444 e. The molecule has 182 valence electrons. The maximum Gasteiger partial charge on any atom is 0.408 e. The second-order valence-corrected chi connectivity index (χ2v) is 11.3. The van der Waals surface area contributed by atoms with Gasteiger partial charge in [0.15, 0.2) is 0 Å². The van der Waals surface area contributed by atoms with Crippen molar-refractivity contribution in [1.29, 1.82) is 0 Å². The van der Waals surface area contributed by atoms with E-state index in [2.05, 4.69) is 27.1 Å². The SMILES string of the molecule is CN1CC2(C1)CN(CCN1CC[C@H](NC(=O)OC(C)(C)C)C(=O)N(C)c3ccc(Cl)cc31)C2. The summed E-state index contributed by atoms with van der Waals surface area (Å²) < 4.78 is 5.39. The molecule has 2 fully saturated rings. The lowest BCUT2D eigenvalue weighted by atomic mass is 9.73. The molecule has 0 saturated carbocycles. The predicted molar refractivity (Wildman–Crippen MR) is 131 cm³/mol. The molecule has 3 heterocycles. The first-order valence-electron chi connectivity index (χ1n) is 11.7. The van der Waals surface area contributed by atoms with Gasteiger partial charge in [-0.25, -0.2) is 4.79 Å². The van der Waals surface area contributed by atoms with Gasteiger partial charge in [-0.3, -0.25) is 4.79 Å². The molecule has 4 rings (SSSR count). The lowest BCUT2D eigenvalue weighted by molar-refractivity contribution is -0.120. The van der Waals surface area contributed by atoms with Crippen molar-refractivity contribution in [3.63, 3.8) is 0 Å². The molecule has 0 unspecified atom stereocenters. The average Bonchev–Trinajstić information content (AvgIpc) is 2.66. The smallest absolute Gasteiger partial charge is 0.408 e. The predicted octanol–water partition coefficient (Wildman–Crippen LogP) is 2.65. The topological polar surface area (TPSA) is 68.4 Å². The maximum absolute atomic E-state index is 13.2. The minimum absolute atomic E-state index is 0.164. The molecule has 3 aliphatic rings. The van der Waals surface area contributed by atoms with Gasteiger partial charge in [0.2, 0.25) is 5.91 Å². The lowest BCUT2D eigenvalue weighted by Crippen LogP contribution is -2.71. The van der Waals surface area contributed by atoms with E-state index in [9.17, 15) is 9.59 Å². The fourth-order valence-corrected chi connectivity index (χ4v) is 5.52. The van der Waals surface area contributed by atoms with E-state index in [1.54, 1.807) is 18.0 Å². The molecule has 8 nitrogen and oxygen atoms in total. The number of fused-ring (bicyclic) bond motifs is 1. The molecule has 1 N–H and O–H groups in total. The van der Waals surface area contributed by atoms with E-state index < -0.39 is 17.7 Å². The number of benzene rings is 1. The van der Waals surface area contributed by atoms with E-state index in [0.717, 1.165) is 37.6 Å². The first-order chi connectivity index (χ1) is 15.4. The highest BCUT2D eigenvalue weighted by Crippen LogP contribution is 2.39. The van der Waals surface area contributed by atoms with Gasteiger partial charge in [-0.05, 0) is 52.4 Å². The van der Waals surface area contributed by atoms with Gasteiger partial charge in [-0.2, -0.15) is 0 Å². The standard InChI is InChI=1S/C24H36ClN5O3/c1-23(2,3)33-22(32)26-18-8-9-30(11-10-29-15-24(16-29)13-27(4)14-24)20-12-17(25)6-7-19(20)28(5)21(18)31/h6-7,12,18H,8-11,13-16H2,1-5H3,(H,26,32)/t18-/m0/s1. The van der Waals surface area contributed by atoms with Gasteiger partial charge in [0, 0.05) is 63.3 Å². The van der Waals surface area contributed by atoms with E-state index >= 15 is 0 Å². The van der Waals surface area contributed by atoms with E-state index in [1.165, 1.54) is 13.1 Å². The molecule has 2 saturated heterocycles. The van der Waals surface area contributed by atoms with Crippen molar-refractivity contribution >= 4 is 35.0 Å². The molecule has 1 spiro atoms. The Bertz CT molecular complexity index is 904. The Balaban J connectivity index is 1.46. The van der Waals surface area contributed by atoms with Gasteiger partial charge in [-0.15, -0.1) is 0 Å². The maximum atomic E-state index is 13.2. The van der Waals surface area contributed by atoms with Crippen LogP contribution in [-0.4, -0.2) is 93.4 Å². The normalized spacial score (nSPS) is 23.3. The van der Waals surface area contributed by atoms with E-state index in [1.807, 2.05) is 32.9 Å². The van der Waals surface area contributed by atoms with Crippen LogP contribution in [0.3, 0.4) is 0 Å². The molecule has 0 bridgehead atoms. The minimum atomic E-state index is -0.658. The summed E-state index contributed by atoms with van der Waals surface area (Å²) in [7, 11) is 3.92. The number of nitrogens with one attached hydrogen (secondary N) is 1. The van der Waals surface area contributed by atoms with Gasteiger partial charge in [0.1, 0.15) is 11.6 Å². The van der Waals surface area contributed by atoms with Crippen molar-refractivity contribution in [3.8, 4) is 0 Å². The number of hydrogen-bond donors (Lipinski definition) is 1. The van der Waals surface area contributed by atoms with E-state index in [4.69, 9.17) is 16.3 Å². The summed E-state index contributed by atoms with van der Waals surface area (Å²) in [4.78, 5) is 34.4. The summed E-state index contributed by atoms with van der Waals surface area (Å²) in [5.74, 6) is -0.164. The van der Waals surface area contributed by atoms with Gasteiger partial charge in [-0.1, -0.05) is 11.6 Å². The third-order valence-electron chi connectivity index (χ3n) is 6.66. The Morgan fingerprint density at radius 2 is 1.85 bits per heavy atom. The summed E-state index contributed by atoms with van der Waals surface area (Å²) in [5.41, 5.74) is 1.62. The highest BCUT2D eigenvalue weighted by Gasteiger charge is 2.49. The molecule has 1 aromatic rings. The summed E-state index contributed by atoms with van der Waals surface area (Å²) in [5, 5.41) is 3.43. The summed E-state index contributed by atoms with van der Waals surface area (Å²) in [6.45, 7) is 12.5. The molecule has 0 aliphatic carbocycles. The third-order valence-corrected chi connectivity index (χ3v) is 6.90. The monoisotopic (exact) mass is 477 g/mol. The fourth-order valence-electron chi connectivity index (χ4n) is 5.35. The Hall–Kier alpha value is -2.03. The first kappa shape index (κ1) is 24.1. The van der Waals surface area contributed by atoms with Crippen LogP contribution in [-0.2, 0) is 9.53 Å². The number of likely N-dealkylation sites (N-methyl/N-ethyl adjacent to an activating group) is 1. The van der Waals surface area contributed by atoms with Crippen LogP contribution >= 0.6 is 11.6 Å². The minimum Gasteiger partial charge on any atom is -0.444 e. The molecule has 0 radical (unpaired) electrons. The van der Waals surface area contributed by atoms with Gasteiger partial charge < -0.3 is 29.7 Å². The Morgan fingerprint density at radius 3 is 2.48 bits per heavy atom. The molecule has 3 aliphatic heterocycles. The quantitative estimate of drug-likeness (QED) is 0.719. The number of anilines is 2. The molecule has 1 atom stereocenters. The summed E-state index contributed by atoms with van der Waals surface area (Å²) in [6.07, 6.45) is -0.0858. The van der Waals surface area contributed by atoms with Crippen molar-refractivity contribution in [2.75, 3.05) is 69.7 Å². The number of ether oxygens (including phenoxy) is 1. The van der Waals surface area contributed by atoms with Crippen molar-refractivity contribution in [2.24, 2.45) is 5.41 Å². The second-order valence-electron chi connectivity index (χ2n) is 10.9. The molecule has 9 heteroatoms. The van der Waals surface area contributed by atoms with Gasteiger partial charge in [0.25, 0.3) is 0 Å². The van der Waals surface area contributed by atoms with Crippen LogP contribution in [0.5, 0.6) is 0 Å².